The number of aliphatic imine (C=N–C) groups is 1. The van der Waals surface area contributed by atoms with Crippen molar-refractivity contribution in [1.29, 1.82) is 0 Å². The fourth-order valence-corrected chi connectivity index (χ4v) is 3.89. The lowest BCUT2D eigenvalue weighted by molar-refractivity contribution is 0.322. The van der Waals surface area contributed by atoms with E-state index in [0.29, 0.717) is 36.5 Å². The van der Waals surface area contributed by atoms with Crippen molar-refractivity contribution in [2.45, 2.75) is 38.1 Å². The molecule has 0 amide bonds. The van der Waals surface area contributed by atoms with Gasteiger partial charge in [-0.25, -0.2) is 8.42 Å². The van der Waals surface area contributed by atoms with Gasteiger partial charge >= 0.3 is 0 Å². The number of nitrogens with zero attached hydrogens (tertiary/aromatic N) is 1. The molecule has 2 aromatic carbocycles. The predicted octanol–water partition coefficient (Wildman–Crippen LogP) is 3.88. The van der Waals surface area contributed by atoms with E-state index in [-0.39, 0.29) is 24.0 Å². The van der Waals surface area contributed by atoms with Crippen molar-refractivity contribution in [3.63, 3.8) is 0 Å². The van der Waals surface area contributed by atoms with Crippen molar-refractivity contribution in [1.82, 2.24) is 10.6 Å². The summed E-state index contributed by atoms with van der Waals surface area (Å²) in [5.41, 5.74) is 3.02. The van der Waals surface area contributed by atoms with E-state index in [1.807, 2.05) is 24.3 Å². The molecule has 2 aromatic rings. The summed E-state index contributed by atoms with van der Waals surface area (Å²) < 4.78 is 29.2. The molecule has 2 rings (SSSR count). The van der Waals surface area contributed by atoms with Crippen molar-refractivity contribution in [3.05, 3.63) is 59.2 Å². The molecule has 0 bridgehead atoms. The SMILES string of the molecule is CN=C(NCCOc1ccc(C(C)C)cc1)NCc1ccc(S(C)(=O)=O)c(C)c1.I. The highest BCUT2D eigenvalue weighted by atomic mass is 127. The summed E-state index contributed by atoms with van der Waals surface area (Å²) in [6, 6.07) is 13.5. The van der Waals surface area contributed by atoms with Crippen LogP contribution in [0, 0.1) is 6.92 Å². The summed E-state index contributed by atoms with van der Waals surface area (Å²) in [5, 5.41) is 6.43. The minimum Gasteiger partial charge on any atom is -0.492 e. The highest BCUT2D eigenvalue weighted by Crippen LogP contribution is 2.18. The van der Waals surface area contributed by atoms with Crippen molar-refractivity contribution >= 4 is 39.8 Å². The number of rotatable bonds is 8. The quantitative estimate of drug-likeness (QED) is 0.228. The molecule has 6 nitrogen and oxygen atoms in total. The van der Waals surface area contributed by atoms with Crippen LogP contribution in [-0.2, 0) is 16.4 Å². The molecular weight excluding hydrogens is 513 g/mol. The first kappa shape index (κ1) is 26.2. The van der Waals surface area contributed by atoms with E-state index in [2.05, 4.69) is 41.6 Å². The number of benzene rings is 2. The molecule has 0 aliphatic carbocycles. The summed E-state index contributed by atoms with van der Waals surface area (Å²) in [7, 11) is -1.49. The van der Waals surface area contributed by atoms with Crippen LogP contribution in [0.1, 0.15) is 36.5 Å². The van der Waals surface area contributed by atoms with Crippen LogP contribution >= 0.6 is 24.0 Å². The smallest absolute Gasteiger partial charge is 0.191 e. The standard InChI is InChI=1S/C22H31N3O3S.HI/c1-16(2)19-7-9-20(10-8-19)28-13-12-24-22(23-4)25-15-18-6-11-21(17(3)14-18)29(5,26)27;/h6-11,14,16H,12-13,15H2,1-5H3,(H2,23,24,25);1H. The molecule has 0 atom stereocenters. The number of hydrogen-bond acceptors (Lipinski definition) is 4. The Bertz CT molecular complexity index is 943. The largest absolute Gasteiger partial charge is 0.492 e. The van der Waals surface area contributed by atoms with Gasteiger partial charge in [-0.2, -0.15) is 0 Å². The monoisotopic (exact) mass is 545 g/mol. The van der Waals surface area contributed by atoms with E-state index in [0.717, 1.165) is 16.9 Å². The van der Waals surface area contributed by atoms with E-state index in [1.165, 1.54) is 11.8 Å². The predicted molar refractivity (Wildman–Crippen MR) is 134 cm³/mol. The fraction of sp³-hybridized carbons (Fsp3) is 0.409. The van der Waals surface area contributed by atoms with Gasteiger partial charge in [0.2, 0.25) is 0 Å². The van der Waals surface area contributed by atoms with E-state index in [1.54, 1.807) is 20.0 Å². The Morgan fingerprint density at radius 3 is 2.30 bits per heavy atom. The lowest BCUT2D eigenvalue weighted by atomic mass is 10.0. The lowest BCUT2D eigenvalue weighted by Crippen LogP contribution is -2.38. The van der Waals surface area contributed by atoms with Crippen LogP contribution < -0.4 is 15.4 Å². The minimum atomic E-state index is -3.20. The van der Waals surface area contributed by atoms with Gasteiger partial charge in [-0.05, 0) is 47.7 Å². The van der Waals surface area contributed by atoms with Gasteiger partial charge < -0.3 is 15.4 Å². The van der Waals surface area contributed by atoms with Gasteiger partial charge in [0.15, 0.2) is 15.8 Å². The highest BCUT2D eigenvalue weighted by Gasteiger charge is 2.11. The van der Waals surface area contributed by atoms with Gasteiger partial charge in [-0.3, -0.25) is 4.99 Å². The fourth-order valence-electron chi connectivity index (χ4n) is 2.93. The third kappa shape index (κ3) is 8.14. The number of ether oxygens (including phenoxy) is 1. The summed E-state index contributed by atoms with van der Waals surface area (Å²) in [6.45, 7) is 7.81. The van der Waals surface area contributed by atoms with Gasteiger partial charge in [-0.1, -0.05) is 38.1 Å². The molecule has 0 unspecified atom stereocenters. The third-order valence-electron chi connectivity index (χ3n) is 4.53. The van der Waals surface area contributed by atoms with Crippen LogP contribution in [0.2, 0.25) is 0 Å². The van der Waals surface area contributed by atoms with Gasteiger partial charge in [0.05, 0.1) is 11.4 Å². The molecule has 0 spiro atoms. The Morgan fingerprint density at radius 2 is 1.77 bits per heavy atom. The van der Waals surface area contributed by atoms with Gasteiger partial charge in [0, 0.05) is 19.8 Å². The van der Waals surface area contributed by atoms with Crippen LogP contribution in [0.4, 0.5) is 0 Å². The van der Waals surface area contributed by atoms with E-state index >= 15 is 0 Å². The average Bonchev–Trinajstić information content (AvgIpc) is 2.66. The second-order valence-corrected chi connectivity index (χ2v) is 9.28. The molecule has 2 N–H and O–H groups in total. The number of aryl methyl sites for hydroxylation is 1. The number of nitrogens with one attached hydrogen (secondary N) is 2. The molecular formula is C22H32IN3O3S. The highest BCUT2D eigenvalue weighted by molar-refractivity contribution is 14.0. The Kier molecular flexibility index (Phi) is 10.6. The second kappa shape index (κ2) is 12.1. The molecule has 0 radical (unpaired) electrons. The first-order valence-corrected chi connectivity index (χ1v) is 11.6. The van der Waals surface area contributed by atoms with Gasteiger partial charge in [0.1, 0.15) is 12.4 Å². The van der Waals surface area contributed by atoms with Crippen LogP contribution in [0.25, 0.3) is 0 Å². The zero-order chi connectivity index (χ0) is 21.4. The maximum Gasteiger partial charge on any atom is 0.191 e. The molecule has 0 aliphatic heterocycles. The molecule has 0 aromatic heterocycles. The molecule has 0 saturated carbocycles. The lowest BCUT2D eigenvalue weighted by Gasteiger charge is -2.14. The van der Waals surface area contributed by atoms with Crippen molar-refractivity contribution < 1.29 is 13.2 Å². The van der Waals surface area contributed by atoms with Crippen LogP contribution in [0.3, 0.4) is 0 Å². The zero-order valence-electron chi connectivity index (χ0n) is 18.2. The molecule has 0 aliphatic rings. The van der Waals surface area contributed by atoms with Crippen LogP contribution in [-0.4, -0.2) is 40.8 Å². The summed E-state index contributed by atoms with van der Waals surface area (Å²) >= 11 is 0. The van der Waals surface area contributed by atoms with Crippen molar-refractivity contribution in [2.75, 3.05) is 26.5 Å². The molecule has 0 heterocycles. The van der Waals surface area contributed by atoms with Crippen molar-refractivity contribution in [3.8, 4) is 5.75 Å². The van der Waals surface area contributed by atoms with Crippen LogP contribution in [0.15, 0.2) is 52.4 Å². The number of guanidine groups is 1. The Balaban J connectivity index is 0.00000450. The average molecular weight is 545 g/mol. The number of sulfone groups is 1. The zero-order valence-corrected chi connectivity index (χ0v) is 21.4. The Hall–Kier alpha value is -1.81. The molecule has 30 heavy (non-hydrogen) atoms. The number of halogens is 1. The first-order valence-electron chi connectivity index (χ1n) is 9.67. The van der Waals surface area contributed by atoms with Crippen LogP contribution in [0.5, 0.6) is 5.75 Å². The Morgan fingerprint density at radius 1 is 1.10 bits per heavy atom. The van der Waals surface area contributed by atoms with Gasteiger partial charge in [0.25, 0.3) is 0 Å². The number of hydrogen-bond donors (Lipinski definition) is 2. The van der Waals surface area contributed by atoms with Crippen molar-refractivity contribution in [2.24, 2.45) is 4.99 Å². The first-order chi connectivity index (χ1) is 13.7. The molecule has 166 valence electrons. The van der Waals surface area contributed by atoms with E-state index < -0.39 is 9.84 Å². The third-order valence-corrected chi connectivity index (χ3v) is 5.79. The maximum absolute atomic E-state index is 11.7. The molecule has 8 heteroatoms. The molecule has 0 fully saturated rings. The Labute approximate surface area is 197 Å². The van der Waals surface area contributed by atoms with E-state index in [4.69, 9.17) is 4.74 Å². The second-order valence-electron chi connectivity index (χ2n) is 7.30. The topological polar surface area (TPSA) is 79.8 Å². The van der Waals surface area contributed by atoms with E-state index in [9.17, 15) is 8.42 Å². The molecule has 0 saturated heterocycles. The summed E-state index contributed by atoms with van der Waals surface area (Å²) in [5.74, 6) is 2.01. The normalized spacial score (nSPS) is 11.7. The maximum atomic E-state index is 11.7. The minimum absolute atomic E-state index is 0. The summed E-state index contributed by atoms with van der Waals surface area (Å²) in [4.78, 5) is 4.56. The van der Waals surface area contributed by atoms with Gasteiger partial charge in [-0.15, -0.1) is 24.0 Å². The summed E-state index contributed by atoms with van der Waals surface area (Å²) in [6.07, 6.45) is 1.22.